The van der Waals surface area contributed by atoms with Gasteiger partial charge in [0.25, 0.3) is 0 Å². The number of ether oxygens (including phenoxy) is 1. The van der Waals surface area contributed by atoms with Crippen LogP contribution in [-0.4, -0.2) is 18.1 Å². The fraction of sp³-hybridized carbons (Fsp3) is 0.353. The first kappa shape index (κ1) is 14.5. The molecule has 1 aromatic heterocycles. The van der Waals surface area contributed by atoms with Gasteiger partial charge in [0.1, 0.15) is 5.75 Å². The summed E-state index contributed by atoms with van der Waals surface area (Å²) in [6.07, 6.45) is 4.70. The number of para-hydroxylation sites is 1. The number of nitrogens with one attached hydrogen (secondary N) is 1. The van der Waals surface area contributed by atoms with Gasteiger partial charge < -0.3 is 10.1 Å². The minimum atomic E-state index is 0.388. The Labute approximate surface area is 121 Å². The molecule has 0 aliphatic rings. The lowest BCUT2D eigenvalue weighted by Gasteiger charge is -2.16. The van der Waals surface area contributed by atoms with Crippen molar-refractivity contribution in [2.45, 2.75) is 32.9 Å². The van der Waals surface area contributed by atoms with Crippen molar-refractivity contribution in [3.63, 3.8) is 0 Å². The van der Waals surface area contributed by atoms with Crippen LogP contribution in [0.4, 0.5) is 0 Å². The summed E-state index contributed by atoms with van der Waals surface area (Å²) in [7, 11) is 1.72. The summed E-state index contributed by atoms with van der Waals surface area (Å²) in [4.78, 5) is 4.12. The minimum absolute atomic E-state index is 0.388. The molecule has 3 heteroatoms. The molecule has 0 bridgehead atoms. The molecule has 2 rings (SSSR count). The van der Waals surface area contributed by atoms with E-state index in [2.05, 4.69) is 42.3 Å². The molecule has 20 heavy (non-hydrogen) atoms. The molecule has 106 valence electrons. The highest BCUT2D eigenvalue weighted by Crippen LogP contribution is 2.19. The fourth-order valence-electron chi connectivity index (χ4n) is 2.26. The van der Waals surface area contributed by atoms with Crippen molar-refractivity contribution in [1.82, 2.24) is 10.3 Å². The third kappa shape index (κ3) is 3.81. The van der Waals surface area contributed by atoms with Gasteiger partial charge in [-0.15, -0.1) is 0 Å². The Morgan fingerprint density at radius 2 is 2.00 bits per heavy atom. The van der Waals surface area contributed by atoms with Crippen molar-refractivity contribution in [3.8, 4) is 5.75 Å². The van der Waals surface area contributed by atoms with Gasteiger partial charge in [0.15, 0.2) is 0 Å². The van der Waals surface area contributed by atoms with Crippen LogP contribution in [0.1, 0.15) is 23.6 Å². The third-order valence-corrected chi connectivity index (χ3v) is 3.50. The maximum atomic E-state index is 5.39. The van der Waals surface area contributed by atoms with Gasteiger partial charge in [0.2, 0.25) is 0 Å². The van der Waals surface area contributed by atoms with Crippen molar-refractivity contribution in [1.29, 1.82) is 0 Å². The van der Waals surface area contributed by atoms with Gasteiger partial charge in [-0.1, -0.05) is 18.2 Å². The standard InChI is InChI=1S/C17H22N2O/c1-13-11-18-9-8-16(13)12-19-14(2)10-15-6-4-5-7-17(15)20-3/h4-9,11,14,19H,10,12H2,1-3H3. The van der Waals surface area contributed by atoms with Gasteiger partial charge >= 0.3 is 0 Å². The average molecular weight is 270 g/mol. The van der Waals surface area contributed by atoms with Crippen LogP contribution >= 0.6 is 0 Å². The summed E-state index contributed by atoms with van der Waals surface area (Å²) in [6.45, 7) is 5.16. The van der Waals surface area contributed by atoms with Crippen LogP contribution in [0.15, 0.2) is 42.7 Å². The van der Waals surface area contributed by atoms with Gasteiger partial charge in [0.05, 0.1) is 7.11 Å². The minimum Gasteiger partial charge on any atom is -0.496 e. The van der Waals surface area contributed by atoms with Gasteiger partial charge in [-0.3, -0.25) is 4.98 Å². The molecule has 1 unspecified atom stereocenters. The largest absolute Gasteiger partial charge is 0.496 e. The van der Waals surface area contributed by atoms with E-state index in [9.17, 15) is 0 Å². The lowest BCUT2D eigenvalue weighted by Crippen LogP contribution is -2.28. The lowest BCUT2D eigenvalue weighted by atomic mass is 10.1. The van der Waals surface area contributed by atoms with Crippen LogP contribution in [0, 0.1) is 6.92 Å². The van der Waals surface area contributed by atoms with E-state index in [1.165, 1.54) is 16.7 Å². The van der Waals surface area contributed by atoms with E-state index in [0.717, 1.165) is 18.7 Å². The Hall–Kier alpha value is -1.87. The second kappa shape index (κ2) is 7.06. The quantitative estimate of drug-likeness (QED) is 0.875. The maximum Gasteiger partial charge on any atom is 0.122 e. The Bertz CT molecular complexity index is 554. The first-order valence-corrected chi connectivity index (χ1v) is 6.95. The number of hydrogen-bond acceptors (Lipinski definition) is 3. The van der Waals surface area contributed by atoms with Crippen molar-refractivity contribution in [2.24, 2.45) is 0 Å². The summed E-state index contributed by atoms with van der Waals surface area (Å²) < 4.78 is 5.39. The molecule has 0 fully saturated rings. The second-order valence-corrected chi connectivity index (χ2v) is 5.10. The van der Waals surface area contributed by atoms with Crippen LogP contribution in [0.5, 0.6) is 5.75 Å². The molecule has 1 N–H and O–H groups in total. The van der Waals surface area contributed by atoms with E-state index < -0.39 is 0 Å². The zero-order valence-corrected chi connectivity index (χ0v) is 12.4. The number of benzene rings is 1. The van der Waals surface area contributed by atoms with Crippen molar-refractivity contribution in [3.05, 3.63) is 59.4 Å². The molecule has 0 aliphatic carbocycles. The first-order chi connectivity index (χ1) is 9.70. The monoisotopic (exact) mass is 270 g/mol. The number of methoxy groups -OCH3 is 1. The second-order valence-electron chi connectivity index (χ2n) is 5.10. The molecular weight excluding hydrogens is 248 g/mol. The lowest BCUT2D eigenvalue weighted by molar-refractivity contribution is 0.406. The van der Waals surface area contributed by atoms with Crippen molar-refractivity contribution in [2.75, 3.05) is 7.11 Å². The molecule has 0 saturated heterocycles. The van der Waals surface area contributed by atoms with Crippen LogP contribution < -0.4 is 10.1 Å². The van der Waals surface area contributed by atoms with Gasteiger partial charge in [-0.05, 0) is 49.1 Å². The predicted octanol–water partition coefficient (Wildman–Crippen LogP) is 3.12. The van der Waals surface area contributed by atoms with Crippen LogP contribution in [-0.2, 0) is 13.0 Å². The molecular formula is C17H22N2O. The molecule has 0 spiro atoms. The van der Waals surface area contributed by atoms with E-state index in [4.69, 9.17) is 4.74 Å². The Balaban J connectivity index is 1.93. The number of nitrogens with zero attached hydrogens (tertiary/aromatic N) is 1. The smallest absolute Gasteiger partial charge is 0.122 e. The highest BCUT2D eigenvalue weighted by molar-refractivity contribution is 5.33. The van der Waals surface area contributed by atoms with E-state index >= 15 is 0 Å². The van der Waals surface area contributed by atoms with Gasteiger partial charge in [-0.2, -0.15) is 0 Å². The molecule has 0 amide bonds. The molecule has 0 aliphatic heterocycles. The first-order valence-electron chi connectivity index (χ1n) is 6.95. The average Bonchev–Trinajstić information content (AvgIpc) is 2.47. The van der Waals surface area contributed by atoms with Crippen molar-refractivity contribution >= 4 is 0 Å². The van der Waals surface area contributed by atoms with Crippen LogP contribution in [0.3, 0.4) is 0 Å². The third-order valence-electron chi connectivity index (χ3n) is 3.50. The van der Waals surface area contributed by atoms with Crippen LogP contribution in [0.25, 0.3) is 0 Å². The van der Waals surface area contributed by atoms with Crippen LogP contribution in [0.2, 0.25) is 0 Å². The maximum absolute atomic E-state index is 5.39. The van der Waals surface area contributed by atoms with Crippen molar-refractivity contribution < 1.29 is 4.74 Å². The molecule has 1 atom stereocenters. The Morgan fingerprint density at radius 1 is 1.20 bits per heavy atom. The van der Waals surface area contributed by atoms with E-state index in [1.54, 1.807) is 7.11 Å². The van der Waals surface area contributed by atoms with E-state index in [-0.39, 0.29) is 0 Å². The molecule has 0 radical (unpaired) electrons. The molecule has 1 heterocycles. The summed E-state index contributed by atoms with van der Waals surface area (Å²) in [6, 6.07) is 10.6. The summed E-state index contributed by atoms with van der Waals surface area (Å²) in [5.41, 5.74) is 3.76. The Kier molecular flexibility index (Phi) is 5.13. The zero-order valence-electron chi connectivity index (χ0n) is 12.4. The number of aromatic nitrogens is 1. The summed E-state index contributed by atoms with van der Waals surface area (Å²) >= 11 is 0. The van der Waals surface area contributed by atoms with Gasteiger partial charge in [-0.25, -0.2) is 0 Å². The number of pyridine rings is 1. The number of hydrogen-bond donors (Lipinski definition) is 1. The SMILES string of the molecule is COc1ccccc1CC(C)NCc1ccncc1C. The molecule has 0 saturated carbocycles. The molecule has 2 aromatic rings. The topological polar surface area (TPSA) is 34.1 Å². The van der Waals surface area contributed by atoms with Gasteiger partial charge in [0, 0.05) is 25.0 Å². The predicted molar refractivity (Wildman–Crippen MR) is 82.0 cm³/mol. The van der Waals surface area contributed by atoms with E-state index in [0.29, 0.717) is 6.04 Å². The fourth-order valence-corrected chi connectivity index (χ4v) is 2.26. The molecule has 3 nitrogen and oxygen atoms in total. The highest BCUT2D eigenvalue weighted by atomic mass is 16.5. The normalized spacial score (nSPS) is 12.2. The summed E-state index contributed by atoms with van der Waals surface area (Å²) in [5, 5.41) is 3.56. The highest BCUT2D eigenvalue weighted by Gasteiger charge is 2.08. The Morgan fingerprint density at radius 3 is 2.75 bits per heavy atom. The summed E-state index contributed by atoms with van der Waals surface area (Å²) in [5.74, 6) is 0.959. The zero-order chi connectivity index (χ0) is 14.4. The molecule has 1 aromatic carbocycles. The number of rotatable bonds is 6. The number of aryl methyl sites for hydroxylation is 1. The van der Waals surface area contributed by atoms with E-state index in [1.807, 2.05) is 24.5 Å².